The maximum absolute atomic E-state index is 12.7. The van der Waals surface area contributed by atoms with Crippen LogP contribution >= 0.6 is 22.7 Å². The summed E-state index contributed by atoms with van der Waals surface area (Å²) in [5, 5.41) is 7.18. The average molecular weight is 411 g/mol. The highest BCUT2D eigenvalue weighted by Gasteiger charge is 2.40. The van der Waals surface area contributed by atoms with Gasteiger partial charge in [-0.3, -0.25) is 9.69 Å². The molecular weight excluding hydrogens is 388 g/mol. The zero-order chi connectivity index (χ0) is 18.4. The van der Waals surface area contributed by atoms with Gasteiger partial charge in [-0.2, -0.15) is 0 Å². The van der Waals surface area contributed by atoms with Crippen LogP contribution in [0.5, 0.6) is 0 Å². The maximum Gasteiger partial charge on any atom is 0.234 e. The predicted octanol–water partition coefficient (Wildman–Crippen LogP) is 2.45. The molecule has 2 atom stereocenters. The summed E-state index contributed by atoms with van der Waals surface area (Å²) in [6.45, 7) is 2.95. The molecule has 0 aliphatic carbocycles. The van der Waals surface area contributed by atoms with E-state index in [0.717, 1.165) is 13.0 Å². The molecule has 5 nitrogen and oxygen atoms in total. The van der Waals surface area contributed by atoms with Gasteiger partial charge in [-0.25, -0.2) is 8.42 Å². The number of amides is 1. The van der Waals surface area contributed by atoms with E-state index in [1.165, 1.54) is 15.3 Å². The Morgan fingerprint density at radius 2 is 2.19 bits per heavy atom. The van der Waals surface area contributed by atoms with Gasteiger partial charge in [0, 0.05) is 16.3 Å². The molecule has 2 aliphatic rings. The van der Waals surface area contributed by atoms with Crippen molar-refractivity contribution in [2.45, 2.75) is 31.3 Å². The normalized spacial score (nSPS) is 28.0. The van der Waals surface area contributed by atoms with Crippen molar-refractivity contribution in [2.24, 2.45) is 0 Å². The van der Waals surface area contributed by atoms with Crippen molar-refractivity contribution in [3.63, 3.8) is 0 Å². The highest BCUT2D eigenvalue weighted by Crippen LogP contribution is 2.39. The summed E-state index contributed by atoms with van der Waals surface area (Å²) < 4.78 is 23.5. The van der Waals surface area contributed by atoms with Gasteiger partial charge in [0.25, 0.3) is 0 Å². The Morgan fingerprint density at radius 1 is 1.35 bits per heavy atom. The van der Waals surface area contributed by atoms with Crippen molar-refractivity contribution in [2.75, 3.05) is 24.6 Å². The van der Waals surface area contributed by atoms with E-state index < -0.39 is 15.4 Å². The van der Waals surface area contributed by atoms with E-state index in [1.54, 1.807) is 22.7 Å². The van der Waals surface area contributed by atoms with Gasteiger partial charge in [-0.1, -0.05) is 6.07 Å². The molecule has 1 saturated heterocycles. The minimum atomic E-state index is -3.04. The Bertz CT molecular complexity index is 904. The molecule has 1 fully saturated rings. The lowest BCUT2D eigenvalue weighted by atomic mass is 9.98. The minimum absolute atomic E-state index is 0.0365. The zero-order valence-corrected chi connectivity index (χ0v) is 17.1. The molecule has 0 bridgehead atoms. The van der Waals surface area contributed by atoms with Crippen LogP contribution in [0, 0.1) is 0 Å². The van der Waals surface area contributed by atoms with Crippen LogP contribution in [0.15, 0.2) is 29.0 Å². The van der Waals surface area contributed by atoms with E-state index >= 15 is 0 Å². The molecule has 1 amide bonds. The molecule has 2 aromatic heterocycles. The molecule has 0 aromatic carbocycles. The summed E-state index contributed by atoms with van der Waals surface area (Å²) in [5.74, 6) is 0.100. The Balaban J connectivity index is 1.51. The number of nitrogens with one attached hydrogen (secondary N) is 1. The van der Waals surface area contributed by atoms with Crippen molar-refractivity contribution in [1.82, 2.24) is 10.2 Å². The lowest BCUT2D eigenvalue weighted by Crippen LogP contribution is -2.51. The number of carbonyl (C=O) groups excluding carboxylic acids is 1. The second kappa shape index (κ2) is 6.74. The summed E-state index contributed by atoms with van der Waals surface area (Å²) >= 11 is 3.49. The third-order valence-electron chi connectivity index (χ3n) is 5.17. The lowest BCUT2D eigenvalue weighted by molar-refractivity contribution is -0.124. The Morgan fingerprint density at radius 3 is 2.88 bits per heavy atom. The third-order valence-corrected chi connectivity index (χ3v) is 8.99. The number of hydrogen-bond acceptors (Lipinski definition) is 6. The highest BCUT2D eigenvalue weighted by atomic mass is 32.2. The standard InChI is InChI=1S/C18H22N2O3S3/c1-18(6-10-26(22,23)12-18)19-16(21)11-20-7-4-14-13(5-9-25-14)17(20)15-3-2-8-24-15/h2-3,5,8-9,17H,4,6-7,10-12H2,1H3,(H,19,21). The van der Waals surface area contributed by atoms with Crippen molar-refractivity contribution in [3.05, 3.63) is 44.3 Å². The molecule has 0 radical (unpaired) electrons. The van der Waals surface area contributed by atoms with Gasteiger partial charge in [0.1, 0.15) is 0 Å². The predicted molar refractivity (Wildman–Crippen MR) is 106 cm³/mol. The first-order valence-electron chi connectivity index (χ1n) is 8.70. The summed E-state index contributed by atoms with van der Waals surface area (Å²) in [5.41, 5.74) is 0.656. The SMILES string of the molecule is CC1(NC(=O)CN2CCc3sccc3C2c2cccs2)CCS(=O)(=O)C1. The van der Waals surface area contributed by atoms with Gasteiger partial charge in [-0.15, -0.1) is 22.7 Å². The third kappa shape index (κ3) is 3.60. The Kier molecular flexibility index (Phi) is 4.71. The molecule has 8 heteroatoms. The fourth-order valence-corrected chi connectivity index (χ4v) is 7.86. The van der Waals surface area contributed by atoms with E-state index in [-0.39, 0.29) is 30.0 Å². The van der Waals surface area contributed by atoms with Gasteiger partial charge >= 0.3 is 0 Å². The molecule has 26 heavy (non-hydrogen) atoms. The number of carbonyl (C=O) groups is 1. The number of rotatable bonds is 4. The van der Waals surface area contributed by atoms with Crippen molar-refractivity contribution >= 4 is 38.4 Å². The van der Waals surface area contributed by atoms with E-state index in [1.807, 2.05) is 13.0 Å². The van der Waals surface area contributed by atoms with Crippen LogP contribution in [0.4, 0.5) is 0 Å². The van der Waals surface area contributed by atoms with Gasteiger partial charge in [0.2, 0.25) is 5.91 Å². The zero-order valence-electron chi connectivity index (χ0n) is 14.6. The molecule has 4 rings (SSSR count). The van der Waals surface area contributed by atoms with E-state index in [0.29, 0.717) is 6.42 Å². The number of sulfone groups is 1. The highest BCUT2D eigenvalue weighted by molar-refractivity contribution is 7.91. The van der Waals surface area contributed by atoms with E-state index in [9.17, 15) is 13.2 Å². The smallest absolute Gasteiger partial charge is 0.234 e. The van der Waals surface area contributed by atoms with Crippen LogP contribution in [-0.2, 0) is 21.1 Å². The first-order chi connectivity index (χ1) is 12.4. The molecule has 140 valence electrons. The minimum Gasteiger partial charge on any atom is -0.349 e. The second-order valence-electron chi connectivity index (χ2n) is 7.39. The molecule has 1 N–H and O–H groups in total. The number of hydrogen-bond donors (Lipinski definition) is 1. The average Bonchev–Trinajstić information content (AvgIpc) is 3.27. The molecule has 2 aromatic rings. The molecular formula is C18H22N2O3S3. The van der Waals surface area contributed by atoms with Crippen LogP contribution in [-0.4, -0.2) is 49.4 Å². The van der Waals surface area contributed by atoms with Gasteiger partial charge in [0.05, 0.1) is 29.6 Å². The lowest BCUT2D eigenvalue weighted by Gasteiger charge is -2.35. The molecule has 0 saturated carbocycles. The van der Waals surface area contributed by atoms with Crippen LogP contribution in [0.25, 0.3) is 0 Å². The molecule has 2 aliphatic heterocycles. The second-order valence-corrected chi connectivity index (χ2v) is 11.6. The summed E-state index contributed by atoms with van der Waals surface area (Å²) in [6, 6.07) is 6.44. The Labute approximate surface area is 162 Å². The molecule has 4 heterocycles. The van der Waals surface area contributed by atoms with Crippen LogP contribution in [0.3, 0.4) is 0 Å². The van der Waals surface area contributed by atoms with Crippen LogP contribution in [0.2, 0.25) is 0 Å². The van der Waals surface area contributed by atoms with Gasteiger partial charge < -0.3 is 5.32 Å². The number of thiophene rings is 2. The first kappa shape index (κ1) is 18.2. The summed E-state index contributed by atoms with van der Waals surface area (Å²) in [6.07, 6.45) is 1.44. The van der Waals surface area contributed by atoms with Crippen molar-refractivity contribution in [3.8, 4) is 0 Å². The molecule has 2 unspecified atom stereocenters. The van der Waals surface area contributed by atoms with Gasteiger partial charge in [-0.05, 0) is 48.2 Å². The number of fused-ring (bicyclic) bond motifs is 1. The first-order valence-corrected chi connectivity index (χ1v) is 12.3. The van der Waals surface area contributed by atoms with Crippen molar-refractivity contribution in [1.29, 1.82) is 0 Å². The maximum atomic E-state index is 12.7. The van der Waals surface area contributed by atoms with Crippen LogP contribution in [0.1, 0.15) is 34.7 Å². The van der Waals surface area contributed by atoms with Crippen molar-refractivity contribution < 1.29 is 13.2 Å². The van der Waals surface area contributed by atoms with Crippen LogP contribution < -0.4 is 5.32 Å². The fraction of sp³-hybridized carbons (Fsp3) is 0.500. The summed E-state index contributed by atoms with van der Waals surface area (Å²) in [4.78, 5) is 17.6. The number of nitrogens with zero attached hydrogens (tertiary/aromatic N) is 1. The monoisotopic (exact) mass is 410 g/mol. The largest absolute Gasteiger partial charge is 0.349 e. The fourth-order valence-electron chi connectivity index (χ4n) is 3.99. The topological polar surface area (TPSA) is 66.5 Å². The summed E-state index contributed by atoms with van der Waals surface area (Å²) in [7, 11) is -3.04. The van der Waals surface area contributed by atoms with E-state index in [2.05, 4.69) is 33.1 Å². The van der Waals surface area contributed by atoms with Gasteiger partial charge in [0.15, 0.2) is 9.84 Å². The molecule has 0 spiro atoms. The van der Waals surface area contributed by atoms with E-state index in [4.69, 9.17) is 0 Å². The Hall–Kier alpha value is -1.22. The quantitative estimate of drug-likeness (QED) is 0.841.